The molecule has 1 saturated heterocycles. The van der Waals surface area contributed by atoms with Crippen LogP contribution < -0.4 is 10.5 Å². The minimum Gasteiger partial charge on any atom is -0.497 e. The zero-order valence-electron chi connectivity index (χ0n) is 17.4. The van der Waals surface area contributed by atoms with E-state index in [0.29, 0.717) is 18.0 Å². The van der Waals surface area contributed by atoms with Crippen LogP contribution in [0.2, 0.25) is 5.02 Å². The summed E-state index contributed by atoms with van der Waals surface area (Å²) in [5.74, 6) is 1.24. The highest BCUT2D eigenvalue weighted by Gasteiger charge is 2.28. The van der Waals surface area contributed by atoms with Crippen LogP contribution >= 0.6 is 11.6 Å². The van der Waals surface area contributed by atoms with Crippen LogP contribution in [-0.4, -0.2) is 41.0 Å². The molecule has 0 spiro atoms. The number of nitrogens with two attached hydrogens (primary N) is 1. The number of piperidine rings is 1. The number of carbonyl (C=O) groups excluding carboxylic acids is 1. The number of ether oxygens (including phenoxy) is 1. The molecule has 1 aliphatic heterocycles. The first-order valence-corrected chi connectivity index (χ1v) is 10.7. The SMILES string of the molecule is COc1ccc(CC(=O)N2CCC[C@H](c3nc(N)ncc3-c3ccc(Cl)cc3)C2)cc1. The molecular weight excluding hydrogens is 412 g/mol. The number of likely N-dealkylation sites (tertiary alicyclic amines) is 1. The van der Waals surface area contributed by atoms with Gasteiger partial charge >= 0.3 is 0 Å². The molecule has 7 heteroatoms. The Bertz CT molecular complexity index is 1050. The van der Waals surface area contributed by atoms with Crippen molar-refractivity contribution in [3.63, 3.8) is 0 Å². The summed E-state index contributed by atoms with van der Waals surface area (Å²) in [4.78, 5) is 23.7. The number of aromatic nitrogens is 2. The molecule has 2 aromatic carbocycles. The van der Waals surface area contributed by atoms with Crippen molar-refractivity contribution in [3.8, 4) is 16.9 Å². The lowest BCUT2D eigenvalue weighted by molar-refractivity contribution is -0.131. The van der Waals surface area contributed by atoms with Crippen LogP contribution in [0.25, 0.3) is 11.1 Å². The number of nitrogen functional groups attached to an aromatic ring is 1. The molecule has 3 aromatic rings. The van der Waals surface area contributed by atoms with Crippen molar-refractivity contribution in [1.82, 2.24) is 14.9 Å². The largest absolute Gasteiger partial charge is 0.497 e. The van der Waals surface area contributed by atoms with Gasteiger partial charge in [-0.3, -0.25) is 4.79 Å². The molecule has 0 bridgehead atoms. The Morgan fingerprint density at radius 1 is 1.19 bits per heavy atom. The summed E-state index contributed by atoms with van der Waals surface area (Å²) >= 11 is 6.05. The van der Waals surface area contributed by atoms with Crippen LogP contribution in [0.3, 0.4) is 0 Å². The highest BCUT2D eigenvalue weighted by Crippen LogP contribution is 2.34. The van der Waals surface area contributed by atoms with Gasteiger partial charge in [0.25, 0.3) is 0 Å². The van der Waals surface area contributed by atoms with Crippen molar-refractivity contribution >= 4 is 23.5 Å². The predicted octanol–water partition coefficient (Wildman–Crippen LogP) is 4.34. The standard InChI is InChI=1S/C24H25ClN4O2/c1-31-20-10-4-16(5-11-20)13-22(30)29-12-2-3-18(15-29)23-21(14-27-24(26)28-23)17-6-8-19(25)9-7-17/h4-11,14,18H,2-3,12-13,15H2,1H3,(H2,26,27,28)/t18-/m0/s1. The fourth-order valence-corrected chi connectivity index (χ4v) is 4.16. The van der Waals surface area contributed by atoms with Crippen LogP contribution in [0.15, 0.2) is 54.7 Å². The van der Waals surface area contributed by atoms with Gasteiger partial charge in [-0.2, -0.15) is 0 Å². The van der Waals surface area contributed by atoms with Gasteiger partial charge in [-0.25, -0.2) is 9.97 Å². The number of methoxy groups -OCH3 is 1. The topological polar surface area (TPSA) is 81.3 Å². The lowest BCUT2D eigenvalue weighted by Gasteiger charge is -2.33. The third-order valence-electron chi connectivity index (χ3n) is 5.67. The van der Waals surface area contributed by atoms with Crippen molar-refractivity contribution in [3.05, 3.63) is 71.0 Å². The average Bonchev–Trinajstić information content (AvgIpc) is 2.80. The highest BCUT2D eigenvalue weighted by atomic mass is 35.5. The van der Waals surface area contributed by atoms with Crippen molar-refractivity contribution in [2.75, 3.05) is 25.9 Å². The molecule has 31 heavy (non-hydrogen) atoms. The van der Waals surface area contributed by atoms with Crippen molar-refractivity contribution in [2.45, 2.75) is 25.2 Å². The van der Waals surface area contributed by atoms with E-state index in [2.05, 4.69) is 9.97 Å². The molecule has 2 N–H and O–H groups in total. The second-order valence-electron chi connectivity index (χ2n) is 7.74. The van der Waals surface area contributed by atoms with E-state index >= 15 is 0 Å². The van der Waals surface area contributed by atoms with Gasteiger partial charge in [0.2, 0.25) is 11.9 Å². The molecule has 1 aromatic heterocycles. The maximum absolute atomic E-state index is 13.0. The van der Waals surface area contributed by atoms with Gasteiger partial charge < -0.3 is 15.4 Å². The maximum Gasteiger partial charge on any atom is 0.227 e. The number of benzene rings is 2. The Balaban J connectivity index is 1.53. The molecule has 0 saturated carbocycles. The lowest BCUT2D eigenvalue weighted by atomic mass is 9.89. The van der Waals surface area contributed by atoms with Gasteiger partial charge in [-0.05, 0) is 48.2 Å². The Hall–Kier alpha value is -3.12. The molecule has 160 valence electrons. The number of anilines is 1. The van der Waals surface area contributed by atoms with E-state index in [4.69, 9.17) is 22.1 Å². The number of halogens is 1. The van der Waals surface area contributed by atoms with Gasteiger partial charge in [0.15, 0.2) is 0 Å². The summed E-state index contributed by atoms with van der Waals surface area (Å²) in [7, 11) is 1.63. The van der Waals surface area contributed by atoms with E-state index in [1.54, 1.807) is 13.3 Å². The van der Waals surface area contributed by atoms with Gasteiger partial charge in [-0.1, -0.05) is 35.9 Å². The van der Waals surface area contributed by atoms with Crippen LogP contribution in [0.1, 0.15) is 30.0 Å². The molecule has 1 amide bonds. The smallest absolute Gasteiger partial charge is 0.227 e. The minimum atomic E-state index is 0.101. The van der Waals surface area contributed by atoms with Gasteiger partial charge in [0, 0.05) is 35.8 Å². The first kappa shape index (κ1) is 21.1. The summed E-state index contributed by atoms with van der Waals surface area (Å²) in [5.41, 5.74) is 9.70. The Labute approximate surface area is 187 Å². The van der Waals surface area contributed by atoms with Gasteiger partial charge in [0.1, 0.15) is 5.75 Å². The summed E-state index contributed by atoms with van der Waals surface area (Å²) in [6, 6.07) is 15.2. The second-order valence-corrected chi connectivity index (χ2v) is 8.17. The molecule has 2 heterocycles. The summed E-state index contributed by atoms with van der Waals surface area (Å²) < 4.78 is 5.19. The van der Waals surface area contributed by atoms with E-state index in [1.807, 2.05) is 53.4 Å². The highest BCUT2D eigenvalue weighted by molar-refractivity contribution is 6.30. The first-order chi connectivity index (χ1) is 15.0. The maximum atomic E-state index is 13.0. The van der Waals surface area contributed by atoms with E-state index in [1.165, 1.54) is 0 Å². The molecule has 1 aliphatic rings. The predicted molar refractivity (Wildman–Crippen MR) is 122 cm³/mol. The van der Waals surface area contributed by atoms with E-state index < -0.39 is 0 Å². The van der Waals surface area contributed by atoms with Gasteiger partial charge in [0.05, 0.1) is 19.2 Å². The quantitative estimate of drug-likeness (QED) is 0.643. The number of rotatable bonds is 5. The molecule has 0 radical (unpaired) electrons. The molecule has 1 fully saturated rings. The Kier molecular flexibility index (Phi) is 6.37. The van der Waals surface area contributed by atoms with Gasteiger partial charge in [-0.15, -0.1) is 0 Å². The Morgan fingerprint density at radius 3 is 2.65 bits per heavy atom. The Morgan fingerprint density at radius 2 is 1.94 bits per heavy atom. The first-order valence-electron chi connectivity index (χ1n) is 10.3. The van der Waals surface area contributed by atoms with Crippen LogP contribution in [0, 0.1) is 0 Å². The monoisotopic (exact) mass is 436 g/mol. The molecule has 0 unspecified atom stereocenters. The third kappa shape index (κ3) is 4.97. The second kappa shape index (κ2) is 9.35. The number of hydrogen-bond donors (Lipinski definition) is 1. The average molecular weight is 437 g/mol. The van der Waals surface area contributed by atoms with Crippen molar-refractivity contribution in [2.24, 2.45) is 0 Å². The molecule has 1 atom stereocenters. The minimum absolute atomic E-state index is 0.101. The molecular formula is C24H25ClN4O2. The van der Waals surface area contributed by atoms with E-state index in [-0.39, 0.29) is 17.8 Å². The summed E-state index contributed by atoms with van der Waals surface area (Å²) in [6.45, 7) is 1.37. The summed E-state index contributed by atoms with van der Waals surface area (Å²) in [6.07, 6.45) is 4.00. The summed E-state index contributed by atoms with van der Waals surface area (Å²) in [5, 5.41) is 0.676. The van der Waals surface area contributed by atoms with Crippen LogP contribution in [0.4, 0.5) is 5.95 Å². The zero-order chi connectivity index (χ0) is 21.8. The van der Waals surface area contributed by atoms with Crippen molar-refractivity contribution < 1.29 is 9.53 Å². The van der Waals surface area contributed by atoms with E-state index in [0.717, 1.165) is 47.5 Å². The van der Waals surface area contributed by atoms with Crippen LogP contribution in [0.5, 0.6) is 5.75 Å². The number of carbonyl (C=O) groups is 1. The molecule has 0 aliphatic carbocycles. The number of nitrogens with zero attached hydrogens (tertiary/aromatic N) is 3. The molecule has 4 rings (SSSR count). The fraction of sp³-hybridized carbons (Fsp3) is 0.292. The van der Waals surface area contributed by atoms with Crippen molar-refractivity contribution in [1.29, 1.82) is 0 Å². The fourth-order valence-electron chi connectivity index (χ4n) is 4.03. The number of hydrogen-bond acceptors (Lipinski definition) is 5. The zero-order valence-corrected chi connectivity index (χ0v) is 18.2. The van der Waals surface area contributed by atoms with E-state index in [9.17, 15) is 4.79 Å². The van der Waals surface area contributed by atoms with Crippen LogP contribution in [-0.2, 0) is 11.2 Å². The normalized spacial score (nSPS) is 16.2. The molecule has 6 nitrogen and oxygen atoms in total. The lowest BCUT2D eigenvalue weighted by Crippen LogP contribution is -2.40. The third-order valence-corrected chi connectivity index (χ3v) is 5.92. The number of amides is 1.